The Morgan fingerprint density at radius 3 is 2.41 bits per heavy atom. The highest BCUT2D eigenvalue weighted by atomic mass is 19.4. The largest absolute Gasteiger partial charge is 0.436 e. The summed E-state index contributed by atoms with van der Waals surface area (Å²) in [5.41, 5.74) is -5.00. The molecular weight excluding hydrogens is 438 g/mol. The number of carbonyl (C=O) groups excluding carboxylic acids is 3. The second-order valence-corrected chi connectivity index (χ2v) is 6.98. The fourth-order valence-electron chi connectivity index (χ4n) is 3.05. The van der Waals surface area contributed by atoms with Gasteiger partial charge in [0.2, 0.25) is 0 Å². The van der Waals surface area contributed by atoms with Crippen molar-refractivity contribution >= 4 is 29.5 Å². The predicted molar refractivity (Wildman–Crippen MR) is 98.8 cm³/mol. The number of carbonyl (C=O) groups is 3. The minimum absolute atomic E-state index is 0.140. The van der Waals surface area contributed by atoms with Crippen LogP contribution in [0.15, 0.2) is 18.2 Å². The van der Waals surface area contributed by atoms with E-state index in [-0.39, 0.29) is 16.2 Å². The van der Waals surface area contributed by atoms with Crippen molar-refractivity contribution in [1.82, 2.24) is 20.5 Å². The van der Waals surface area contributed by atoms with Crippen LogP contribution in [0.3, 0.4) is 0 Å². The molecule has 2 heterocycles. The van der Waals surface area contributed by atoms with E-state index >= 15 is 0 Å². The summed E-state index contributed by atoms with van der Waals surface area (Å²) in [6, 6.07) is 3.13. The Labute approximate surface area is 177 Å². The quantitative estimate of drug-likeness (QED) is 0.558. The second-order valence-electron chi connectivity index (χ2n) is 6.98. The summed E-state index contributed by atoms with van der Waals surface area (Å²) in [4.78, 5) is 41.8. The van der Waals surface area contributed by atoms with Crippen LogP contribution in [0, 0.1) is 17.1 Å². The van der Waals surface area contributed by atoms with Crippen molar-refractivity contribution < 1.29 is 31.9 Å². The zero-order valence-corrected chi connectivity index (χ0v) is 16.7. The molecule has 0 aliphatic carbocycles. The summed E-state index contributed by atoms with van der Waals surface area (Å²) < 4.78 is 54.1. The molecule has 0 unspecified atom stereocenters. The Hall–Kier alpha value is -4.15. The number of anilines is 2. The zero-order valence-electron chi connectivity index (χ0n) is 16.7. The molecule has 4 amide bonds. The van der Waals surface area contributed by atoms with Crippen LogP contribution in [0.1, 0.15) is 35.6 Å². The monoisotopic (exact) mass is 451 g/mol. The van der Waals surface area contributed by atoms with Crippen molar-refractivity contribution in [3.05, 3.63) is 41.0 Å². The summed E-state index contributed by atoms with van der Waals surface area (Å²) in [7, 11) is 1.29. The van der Waals surface area contributed by atoms with Gasteiger partial charge < -0.3 is 5.32 Å². The molecule has 1 aliphatic heterocycles. The SMILES string of the molecule is CNC(=O)c1ccc(N2C(=O)N(c3nnc(C#N)c(C(F)(F)F)n3)C(=O)C2(C)C)cc1F. The van der Waals surface area contributed by atoms with E-state index in [1.165, 1.54) is 33.0 Å². The van der Waals surface area contributed by atoms with Gasteiger partial charge in [0, 0.05) is 12.7 Å². The lowest BCUT2D eigenvalue weighted by molar-refractivity contribution is -0.141. The number of imide groups is 1. The minimum Gasteiger partial charge on any atom is -0.355 e. The molecule has 2 aromatic rings. The predicted octanol–water partition coefficient (Wildman–Crippen LogP) is 2.01. The number of urea groups is 1. The number of amides is 4. The van der Waals surface area contributed by atoms with Crippen molar-refractivity contribution in [1.29, 1.82) is 5.26 Å². The van der Waals surface area contributed by atoms with Crippen LogP contribution in [-0.4, -0.2) is 45.6 Å². The van der Waals surface area contributed by atoms with E-state index in [2.05, 4.69) is 20.5 Å². The van der Waals surface area contributed by atoms with Crippen LogP contribution in [0.25, 0.3) is 0 Å². The molecule has 14 heteroatoms. The molecule has 166 valence electrons. The van der Waals surface area contributed by atoms with Crippen molar-refractivity contribution in [2.45, 2.75) is 25.6 Å². The number of halogens is 4. The Morgan fingerprint density at radius 2 is 1.88 bits per heavy atom. The standard InChI is InChI=1S/C18H13F4N7O3/c1-17(2)14(31)28(15-25-12(18(20,21)22)11(7-23)26-27-15)16(32)29(17)8-4-5-9(10(19)6-8)13(30)24-3/h4-6H,1-3H3,(H,24,30). The number of alkyl halides is 3. The van der Waals surface area contributed by atoms with E-state index in [0.717, 1.165) is 17.0 Å². The number of rotatable bonds is 3. The van der Waals surface area contributed by atoms with Crippen LogP contribution in [-0.2, 0) is 11.0 Å². The smallest absolute Gasteiger partial charge is 0.355 e. The van der Waals surface area contributed by atoms with Crippen LogP contribution < -0.4 is 15.1 Å². The number of nitriles is 1. The molecule has 1 fully saturated rings. The molecule has 0 radical (unpaired) electrons. The van der Waals surface area contributed by atoms with Gasteiger partial charge in [0.05, 0.1) is 5.56 Å². The third-order valence-electron chi connectivity index (χ3n) is 4.60. The number of hydrogen-bond acceptors (Lipinski definition) is 7. The first-order chi connectivity index (χ1) is 14.8. The van der Waals surface area contributed by atoms with Crippen LogP contribution in [0.2, 0.25) is 0 Å². The third kappa shape index (κ3) is 3.47. The average Bonchev–Trinajstić information content (AvgIpc) is 2.90. The first-order valence-electron chi connectivity index (χ1n) is 8.77. The van der Waals surface area contributed by atoms with Gasteiger partial charge in [0.25, 0.3) is 17.8 Å². The van der Waals surface area contributed by atoms with Gasteiger partial charge in [0.15, 0.2) is 11.4 Å². The lowest BCUT2D eigenvalue weighted by Gasteiger charge is -2.27. The third-order valence-corrected chi connectivity index (χ3v) is 4.60. The van der Waals surface area contributed by atoms with Gasteiger partial charge in [-0.15, -0.1) is 10.2 Å². The number of nitrogens with zero attached hydrogens (tertiary/aromatic N) is 6. The highest BCUT2D eigenvalue weighted by Gasteiger charge is 2.54. The Bertz CT molecular complexity index is 1190. The minimum atomic E-state index is -5.10. The normalized spacial score (nSPS) is 15.7. The molecule has 0 saturated carbocycles. The molecule has 10 nitrogen and oxygen atoms in total. The highest BCUT2D eigenvalue weighted by Crippen LogP contribution is 2.37. The number of aromatic nitrogens is 3. The van der Waals surface area contributed by atoms with Crippen molar-refractivity contribution in [2.24, 2.45) is 0 Å². The van der Waals surface area contributed by atoms with Gasteiger partial charge in [0.1, 0.15) is 17.4 Å². The molecule has 1 aliphatic rings. The van der Waals surface area contributed by atoms with Crippen LogP contribution in [0.4, 0.5) is 34.0 Å². The first kappa shape index (κ1) is 22.5. The van der Waals surface area contributed by atoms with Gasteiger partial charge >= 0.3 is 12.2 Å². The molecular formula is C18H13F4N7O3. The van der Waals surface area contributed by atoms with E-state index in [4.69, 9.17) is 5.26 Å². The Morgan fingerprint density at radius 1 is 1.22 bits per heavy atom. The highest BCUT2D eigenvalue weighted by molar-refractivity contribution is 6.29. The summed E-state index contributed by atoms with van der Waals surface area (Å²) in [5, 5.41) is 17.5. The molecule has 32 heavy (non-hydrogen) atoms. The number of benzene rings is 1. The average molecular weight is 451 g/mol. The van der Waals surface area contributed by atoms with E-state index in [1.807, 2.05) is 0 Å². The molecule has 3 rings (SSSR count). The van der Waals surface area contributed by atoms with Gasteiger partial charge in [-0.2, -0.15) is 23.3 Å². The molecule has 0 bridgehead atoms. The molecule has 0 atom stereocenters. The summed E-state index contributed by atoms with van der Waals surface area (Å²) in [6.07, 6.45) is -5.10. The van der Waals surface area contributed by atoms with E-state index in [0.29, 0.717) is 0 Å². The van der Waals surface area contributed by atoms with Gasteiger partial charge in [-0.3, -0.25) is 14.5 Å². The number of hydrogen-bond donors (Lipinski definition) is 1. The molecule has 1 N–H and O–H groups in total. The fraction of sp³-hybridized carbons (Fsp3) is 0.278. The fourth-order valence-corrected chi connectivity index (χ4v) is 3.05. The van der Waals surface area contributed by atoms with Crippen molar-refractivity contribution in [2.75, 3.05) is 16.8 Å². The van der Waals surface area contributed by atoms with Gasteiger partial charge in [-0.05, 0) is 32.0 Å². The lowest BCUT2D eigenvalue weighted by atomic mass is 10.0. The van der Waals surface area contributed by atoms with Crippen molar-refractivity contribution in [3.63, 3.8) is 0 Å². The maximum absolute atomic E-state index is 14.4. The Balaban J connectivity index is 2.10. The van der Waals surface area contributed by atoms with E-state index < -0.39 is 52.7 Å². The molecule has 0 spiro atoms. The second kappa shape index (κ2) is 7.52. The summed E-state index contributed by atoms with van der Waals surface area (Å²) >= 11 is 0. The van der Waals surface area contributed by atoms with Gasteiger partial charge in [-0.25, -0.2) is 14.2 Å². The zero-order chi connectivity index (χ0) is 24.0. The molecule has 1 saturated heterocycles. The first-order valence-corrected chi connectivity index (χ1v) is 8.77. The summed E-state index contributed by atoms with van der Waals surface area (Å²) in [5.74, 6) is -3.73. The molecule has 1 aromatic carbocycles. The lowest BCUT2D eigenvalue weighted by Crippen LogP contribution is -2.44. The maximum atomic E-state index is 14.4. The number of nitrogens with one attached hydrogen (secondary N) is 1. The van der Waals surface area contributed by atoms with Crippen LogP contribution >= 0.6 is 0 Å². The van der Waals surface area contributed by atoms with Gasteiger partial charge in [-0.1, -0.05) is 0 Å². The Kier molecular flexibility index (Phi) is 5.29. The molecule has 1 aromatic heterocycles. The summed E-state index contributed by atoms with van der Waals surface area (Å²) in [6.45, 7) is 2.55. The maximum Gasteiger partial charge on any atom is 0.436 e. The topological polar surface area (TPSA) is 132 Å². The van der Waals surface area contributed by atoms with E-state index in [1.54, 1.807) is 0 Å². The van der Waals surface area contributed by atoms with Crippen LogP contribution in [0.5, 0.6) is 0 Å². The van der Waals surface area contributed by atoms with Crippen molar-refractivity contribution in [3.8, 4) is 6.07 Å². The van der Waals surface area contributed by atoms with E-state index in [9.17, 15) is 31.9 Å².